The van der Waals surface area contributed by atoms with Crippen molar-refractivity contribution in [1.29, 1.82) is 0 Å². The Morgan fingerprint density at radius 2 is 1.84 bits per heavy atom. The van der Waals surface area contributed by atoms with Crippen molar-refractivity contribution in [3.05, 3.63) is 75.0 Å². The first-order chi connectivity index (χ1) is 14.7. The van der Waals surface area contributed by atoms with E-state index in [4.69, 9.17) is 27.9 Å². The fourth-order valence-electron chi connectivity index (χ4n) is 3.48. The summed E-state index contributed by atoms with van der Waals surface area (Å²) < 4.78 is 19.0. The van der Waals surface area contributed by atoms with Gasteiger partial charge in [0.05, 0.1) is 22.7 Å². The number of rotatable bonds is 7. The fraction of sp³-hybridized carbons (Fsp3) is 0.304. The molecule has 1 saturated heterocycles. The summed E-state index contributed by atoms with van der Waals surface area (Å²) in [6.45, 7) is 4.44. The molecule has 0 saturated carbocycles. The molecule has 8 heteroatoms. The highest BCUT2D eigenvalue weighted by molar-refractivity contribution is 6.47. The Kier molecular flexibility index (Phi) is 7.36. The van der Waals surface area contributed by atoms with E-state index in [1.54, 1.807) is 0 Å². The Bertz CT molecular complexity index is 1020. The minimum atomic E-state index is -0.883. The molecule has 31 heavy (non-hydrogen) atoms. The Balaban J connectivity index is 2.06. The zero-order valence-electron chi connectivity index (χ0n) is 17.1. The van der Waals surface area contributed by atoms with Crippen LogP contribution >= 0.6 is 23.2 Å². The van der Waals surface area contributed by atoms with Crippen molar-refractivity contribution in [3.63, 3.8) is 0 Å². The van der Waals surface area contributed by atoms with Gasteiger partial charge in [-0.1, -0.05) is 35.3 Å². The van der Waals surface area contributed by atoms with Gasteiger partial charge in [0.15, 0.2) is 0 Å². The van der Waals surface area contributed by atoms with E-state index in [-0.39, 0.29) is 28.8 Å². The van der Waals surface area contributed by atoms with Crippen LogP contribution in [-0.2, 0) is 14.3 Å². The van der Waals surface area contributed by atoms with Crippen LogP contribution in [0.3, 0.4) is 0 Å². The molecule has 1 aliphatic heterocycles. The molecule has 0 aromatic heterocycles. The second-order valence-corrected chi connectivity index (χ2v) is 8.28. The molecule has 1 fully saturated rings. The van der Waals surface area contributed by atoms with E-state index < -0.39 is 29.3 Å². The lowest BCUT2D eigenvalue weighted by Gasteiger charge is -2.25. The first kappa shape index (κ1) is 23.3. The lowest BCUT2D eigenvalue weighted by Crippen LogP contribution is -2.31. The molecule has 1 N–H and O–H groups in total. The highest BCUT2D eigenvalue weighted by Gasteiger charge is 2.46. The lowest BCUT2D eigenvalue weighted by atomic mass is 9.95. The van der Waals surface area contributed by atoms with E-state index >= 15 is 0 Å². The maximum absolute atomic E-state index is 13.5. The molecular weight excluding hydrogens is 444 g/mol. The molecule has 1 amide bonds. The van der Waals surface area contributed by atoms with Crippen LogP contribution in [0.4, 0.5) is 4.39 Å². The van der Waals surface area contributed by atoms with Gasteiger partial charge >= 0.3 is 0 Å². The normalized spacial score (nSPS) is 18.3. The molecule has 0 radical (unpaired) electrons. The summed E-state index contributed by atoms with van der Waals surface area (Å²) >= 11 is 12.1. The zero-order chi connectivity index (χ0) is 22.7. The monoisotopic (exact) mass is 465 g/mol. The summed E-state index contributed by atoms with van der Waals surface area (Å²) in [5, 5.41) is 11.5. The topological polar surface area (TPSA) is 66.8 Å². The summed E-state index contributed by atoms with van der Waals surface area (Å²) in [5.41, 5.74) is 0.571. The average Bonchev–Trinajstić information content (AvgIpc) is 2.96. The third-order valence-electron chi connectivity index (χ3n) is 4.91. The first-order valence-corrected chi connectivity index (χ1v) is 10.6. The number of halogens is 3. The summed E-state index contributed by atoms with van der Waals surface area (Å²) in [6.07, 6.45) is 0.528. The number of ketones is 1. The molecule has 3 rings (SSSR count). The molecule has 2 aromatic carbocycles. The number of aliphatic hydroxyl groups is 1. The average molecular weight is 466 g/mol. The van der Waals surface area contributed by atoms with E-state index in [9.17, 15) is 19.1 Å². The van der Waals surface area contributed by atoms with Gasteiger partial charge in [-0.2, -0.15) is 0 Å². The number of amides is 1. The van der Waals surface area contributed by atoms with Crippen molar-refractivity contribution in [2.45, 2.75) is 32.4 Å². The number of likely N-dealkylation sites (tertiary alicyclic amines) is 1. The van der Waals surface area contributed by atoms with Crippen LogP contribution in [0.5, 0.6) is 0 Å². The highest BCUT2D eigenvalue weighted by Crippen LogP contribution is 2.40. The van der Waals surface area contributed by atoms with E-state index in [2.05, 4.69) is 0 Å². The molecular formula is C23H22Cl2FNO4. The molecule has 1 aliphatic rings. The largest absolute Gasteiger partial charge is 0.507 e. The van der Waals surface area contributed by atoms with Gasteiger partial charge in [-0.3, -0.25) is 9.59 Å². The number of Topliss-reactive ketones (excluding diaryl/α,β-unsaturated/α-hetero) is 1. The number of nitrogens with zero attached hydrogens (tertiary/aromatic N) is 1. The smallest absolute Gasteiger partial charge is 0.295 e. The van der Waals surface area contributed by atoms with Crippen molar-refractivity contribution in [3.8, 4) is 0 Å². The molecule has 1 unspecified atom stereocenters. The van der Waals surface area contributed by atoms with E-state index in [1.165, 1.54) is 47.4 Å². The maximum Gasteiger partial charge on any atom is 0.295 e. The van der Waals surface area contributed by atoms with Gasteiger partial charge in [0.25, 0.3) is 11.7 Å². The molecule has 5 nitrogen and oxygen atoms in total. The van der Waals surface area contributed by atoms with Crippen LogP contribution < -0.4 is 0 Å². The predicted octanol–water partition coefficient (Wildman–Crippen LogP) is 5.37. The second-order valence-electron chi connectivity index (χ2n) is 7.44. The molecule has 0 aliphatic carbocycles. The molecule has 2 aromatic rings. The standard InChI is InChI=1S/C23H22Cl2FNO4/c1-13(2)31-11-3-10-27-20(14-4-7-16(26)8-5-14)19(22(29)23(27)30)21(28)17-9-6-15(24)12-18(17)25/h4-9,12-13,20,28H,3,10-11H2,1-2H3/b21-19+. The molecule has 0 spiro atoms. The summed E-state index contributed by atoms with van der Waals surface area (Å²) in [5.74, 6) is -2.44. The van der Waals surface area contributed by atoms with Crippen molar-refractivity contribution >= 4 is 40.7 Å². The van der Waals surface area contributed by atoms with Crippen molar-refractivity contribution in [2.24, 2.45) is 0 Å². The van der Waals surface area contributed by atoms with Crippen LogP contribution in [0, 0.1) is 5.82 Å². The van der Waals surface area contributed by atoms with Gasteiger partial charge in [-0.05, 0) is 56.2 Å². The summed E-state index contributed by atoms with van der Waals surface area (Å²) in [4.78, 5) is 27.1. The minimum Gasteiger partial charge on any atom is -0.507 e. The molecule has 1 heterocycles. The Morgan fingerprint density at radius 3 is 2.45 bits per heavy atom. The van der Waals surface area contributed by atoms with Crippen LogP contribution in [0.25, 0.3) is 5.76 Å². The molecule has 164 valence electrons. The Morgan fingerprint density at radius 1 is 1.16 bits per heavy atom. The Hall–Kier alpha value is -2.41. The number of ether oxygens (including phenoxy) is 1. The number of carbonyl (C=O) groups excluding carboxylic acids is 2. The number of aliphatic hydroxyl groups excluding tert-OH is 1. The van der Waals surface area contributed by atoms with Crippen LogP contribution in [0.15, 0.2) is 48.0 Å². The number of hydrogen-bond acceptors (Lipinski definition) is 4. The van der Waals surface area contributed by atoms with Crippen LogP contribution in [0.1, 0.15) is 37.4 Å². The van der Waals surface area contributed by atoms with Gasteiger partial charge in [0.1, 0.15) is 11.6 Å². The number of benzene rings is 2. The summed E-state index contributed by atoms with van der Waals surface area (Å²) in [6, 6.07) is 9.01. The van der Waals surface area contributed by atoms with Gasteiger partial charge in [-0.25, -0.2) is 4.39 Å². The summed E-state index contributed by atoms with van der Waals surface area (Å²) in [7, 11) is 0. The molecule has 0 bridgehead atoms. The third kappa shape index (κ3) is 5.09. The van der Waals surface area contributed by atoms with Gasteiger partial charge < -0.3 is 14.7 Å². The first-order valence-electron chi connectivity index (χ1n) is 9.81. The minimum absolute atomic E-state index is 0.0374. The van der Waals surface area contributed by atoms with Crippen LogP contribution in [-0.4, -0.2) is 41.0 Å². The van der Waals surface area contributed by atoms with Crippen LogP contribution in [0.2, 0.25) is 10.0 Å². The Labute approximate surface area is 190 Å². The van der Waals surface area contributed by atoms with E-state index in [0.29, 0.717) is 23.6 Å². The highest BCUT2D eigenvalue weighted by atomic mass is 35.5. The zero-order valence-corrected chi connectivity index (χ0v) is 18.6. The SMILES string of the molecule is CC(C)OCCCN1C(=O)C(=O)/C(=C(/O)c2ccc(Cl)cc2Cl)C1c1ccc(F)cc1. The predicted molar refractivity (Wildman–Crippen MR) is 118 cm³/mol. The van der Waals surface area contributed by atoms with E-state index in [0.717, 1.165) is 0 Å². The van der Waals surface area contributed by atoms with Gasteiger partial charge in [0, 0.05) is 23.7 Å². The van der Waals surface area contributed by atoms with Gasteiger partial charge in [0.2, 0.25) is 0 Å². The second kappa shape index (κ2) is 9.81. The lowest BCUT2D eigenvalue weighted by molar-refractivity contribution is -0.140. The van der Waals surface area contributed by atoms with Crippen molar-refractivity contribution in [1.82, 2.24) is 4.90 Å². The van der Waals surface area contributed by atoms with Crippen molar-refractivity contribution < 1.29 is 23.8 Å². The number of hydrogen-bond donors (Lipinski definition) is 1. The van der Waals surface area contributed by atoms with Crippen molar-refractivity contribution in [2.75, 3.05) is 13.2 Å². The fourth-order valence-corrected chi connectivity index (χ4v) is 3.98. The van der Waals surface area contributed by atoms with E-state index in [1.807, 2.05) is 13.8 Å². The quantitative estimate of drug-likeness (QED) is 0.258. The maximum atomic E-state index is 13.5. The van der Waals surface area contributed by atoms with Gasteiger partial charge in [-0.15, -0.1) is 0 Å². The third-order valence-corrected chi connectivity index (χ3v) is 5.45. The number of carbonyl (C=O) groups is 2. The molecule has 1 atom stereocenters.